The van der Waals surface area contributed by atoms with Crippen LogP contribution in [0.2, 0.25) is 0 Å². The molecule has 0 N–H and O–H groups in total. The topological polar surface area (TPSA) is 15.6 Å². The molecule has 0 bridgehead atoms. The van der Waals surface area contributed by atoms with Gasteiger partial charge in [-0.3, -0.25) is 4.99 Å². The van der Waals surface area contributed by atoms with Crippen LogP contribution in [0.15, 0.2) is 40.4 Å². The van der Waals surface area contributed by atoms with Crippen molar-refractivity contribution in [3.63, 3.8) is 0 Å². The van der Waals surface area contributed by atoms with E-state index in [-0.39, 0.29) is 24.3 Å². The number of thioether (sulfide) groups is 1. The van der Waals surface area contributed by atoms with Crippen LogP contribution in [-0.4, -0.2) is 28.5 Å². The molecule has 1 unspecified atom stereocenters. The van der Waals surface area contributed by atoms with E-state index >= 15 is 0 Å². The van der Waals surface area contributed by atoms with E-state index in [1.807, 2.05) is 11.5 Å². The van der Waals surface area contributed by atoms with E-state index in [1.54, 1.807) is 23.9 Å². The van der Waals surface area contributed by atoms with Gasteiger partial charge in [-0.05, 0) is 29.5 Å². The normalized spacial score (nSPS) is 20.7. The van der Waals surface area contributed by atoms with E-state index in [1.165, 1.54) is 6.07 Å². The van der Waals surface area contributed by atoms with Crippen LogP contribution in [0.5, 0.6) is 0 Å². The number of rotatable bonds is 3. The highest BCUT2D eigenvalue weighted by atomic mass is 35.5. The Kier molecular flexibility index (Phi) is 4.76. The third-order valence-electron chi connectivity index (χ3n) is 3.06. The first kappa shape index (κ1) is 14.7. The molecular formula is C13H13Cl2FN2S. The lowest BCUT2D eigenvalue weighted by molar-refractivity contribution is 0.510. The number of hydrogen-bond donors (Lipinski definition) is 0. The summed E-state index contributed by atoms with van der Waals surface area (Å²) in [4.78, 5) is 6.80. The quantitative estimate of drug-likeness (QED) is 0.790. The molecule has 0 saturated carbocycles. The Morgan fingerprint density at radius 2 is 2.32 bits per heavy atom. The standard InChI is InChI=1S/C13H12ClFN2S.ClH/c14-6-12-8-18-13-16-11(7-17(12)13)5-9-2-1-3-10(15)4-9;/h1-4,8,11H,5-7H2;1H. The Hall–Kier alpha value is -0.710. The number of benzene rings is 1. The summed E-state index contributed by atoms with van der Waals surface area (Å²) in [5.74, 6) is 0.327. The molecule has 19 heavy (non-hydrogen) atoms. The van der Waals surface area contributed by atoms with Gasteiger partial charge in [-0.25, -0.2) is 4.39 Å². The van der Waals surface area contributed by atoms with Gasteiger partial charge in [0.2, 0.25) is 0 Å². The van der Waals surface area contributed by atoms with Crippen LogP contribution >= 0.6 is 35.8 Å². The van der Waals surface area contributed by atoms with Crippen molar-refractivity contribution >= 4 is 40.9 Å². The van der Waals surface area contributed by atoms with Gasteiger partial charge in [0, 0.05) is 12.2 Å². The molecule has 6 heteroatoms. The van der Waals surface area contributed by atoms with Gasteiger partial charge in [0.1, 0.15) is 5.82 Å². The van der Waals surface area contributed by atoms with Gasteiger partial charge in [-0.1, -0.05) is 23.9 Å². The fourth-order valence-corrected chi connectivity index (χ4v) is 3.52. The van der Waals surface area contributed by atoms with Crippen molar-refractivity contribution in [2.75, 3.05) is 12.4 Å². The summed E-state index contributed by atoms with van der Waals surface area (Å²) in [5.41, 5.74) is 2.11. The molecule has 0 aromatic heterocycles. The molecule has 2 heterocycles. The minimum Gasteiger partial charge on any atom is -0.321 e. The summed E-state index contributed by atoms with van der Waals surface area (Å²) in [6, 6.07) is 6.92. The second kappa shape index (κ2) is 6.16. The van der Waals surface area contributed by atoms with Gasteiger partial charge >= 0.3 is 0 Å². The van der Waals surface area contributed by atoms with Crippen LogP contribution in [0.3, 0.4) is 0 Å². The predicted octanol–water partition coefficient (Wildman–Crippen LogP) is 3.66. The van der Waals surface area contributed by atoms with Crippen LogP contribution in [0, 0.1) is 5.82 Å². The lowest BCUT2D eigenvalue weighted by atomic mass is 10.1. The van der Waals surface area contributed by atoms with Crippen molar-refractivity contribution in [1.82, 2.24) is 4.90 Å². The smallest absolute Gasteiger partial charge is 0.168 e. The van der Waals surface area contributed by atoms with Gasteiger partial charge in [0.15, 0.2) is 5.17 Å². The Morgan fingerprint density at radius 1 is 1.47 bits per heavy atom. The molecule has 1 aromatic rings. The average Bonchev–Trinajstić information content (AvgIpc) is 2.88. The van der Waals surface area contributed by atoms with E-state index in [4.69, 9.17) is 11.6 Å². The maximum Gasteiger partial charge on any atom is 0.168 e. The first-order valence-corrected chi connectivity index (χ1v) is 7.19. The molecule has 0 amide bonds. The highest BCUT2D eigenvalue weighted by Crippen LogP contribution is 2.32. The summed E-state index contributed by atoms with van der Waals surface area (Å²) >= 11 is 7.49. The molecule has 102 valence electrons. The molecule has 1 atom stereocenters. The number of amidine groups is 1. The average molecular weight is 319 g/mol. The van der Waals surface area contributed by atoms with Crippen molar-refractivity contribution in [2.45, 2.75) is 12.5 Å². The lowest BCUT2D eigenvalue weighted by Gasteiger charge is -2.16. The summed E-state index contributed by atoms with van der Waals surface area (Å²) in [6.07, 6.45) is 0.772. The number of nitrogens with zero attached hydrogens (tertiary/aromatic N) is 2. The Bertz CT molecular complexity index is 533. The van der Waals surface area contributed by atoms with Crippen LogP contribution in [-0.2, 0) is 6.42 Å². The minimum absolute atomic E-state index is 0. The molecule has 0 fully saturated rings. The van der Waals surface area contributed by atoms with E-state index < -0.39 is 0 Å². The second-order valence-electron chi connectivity index (χ2n) is 4.37. The highest BCUT2D eigenvalue weighted by Gasteiger charge is 2.31. The highest BCUT2D eigenvalue weighted by molar-refractivity contribution is 8.16. The summed E-state index contributed by atoms with van der Waals surface area (Å²) < 4.78 is 13.1. The zero-order valence-corrected chi connectivity index (χ0v) is 12.4. The molecule has 2 nitrogen and oxygen atoms in total. The minimum atomic E-state index is -0.186. The van der Waals surface area contributed by atoms with Gasteiger partial charge in [0.05, 0.1) is 11.9 Å². The first-order valence-electron chi connectivity index (χ1n) is 5.77. The van der Waals surface area contributed by atoms with Crippen molar-refractivity contribution < 1.29 is 4.39 Å². The van der Waals surface area contributed by atoms with E-state index in [0.29, 0.717) is 5.88 Å². The van der Waals surface area contributed by atoms with Crippen molar-refractivity contribution in [2.24, 2.45) is 4.99 Å². The fourth-order valence-electron chi connectivity index (χ4n) is 2.22. The van der Waals surface area contributed by atoms with Crippen molar-refractivity contribution in [1.29, 1.82) is 0 Å². The molecule has 2 aliphatic heterocycles. The lowest BCUT2D eigenvalue weighted by Crippen LogP contribution is -2.25. The number of allylic oxidation sites excluding steroid dienone is 1. The van der Waals surface area contributed by atoms with Gasteiger partial charge in [0.25, 0.3) is 0 Å². The van der Waals surface area contributed by atoms with E-state index in [2.05, 4.69) is 9.89 Å². The zero-order valence-electron chi connectivity index (χ0n) is 10.1. The number of aliphatic imine (C=N–C) groups is 1. The predicted molar refractivity (Wildman–Crippen MR) is 81.7 cm³/mol. The zero-order chi connectivity index (χ0) is 12.5. The largest absolute Gasteiger partial charge is 0.321 e. The van der Waals surface area contributed by atoms with Gasteiger partial charge in [-0.2, -0.15) is 0 Å². The van der Waals surface area contributed by atoms with E-state index in [0.717, 1.165) is 29.4 Å². The maximum atomic E-state index is 13.1. The van der Waals surface area contributed by atoms with Crippen molar-refractivity contribution in [3.8, 4) is 0 Å². The maximum absolute atomic E-state index is 13.1. The molecule has 0 aliphatic carbocycles. The number of hydrogen-bond acceptors (Lipinski definition) is 3. The third kappa shape index (κ3) is 3.07. The van der Waals surface area contributed by atoms with Crippen LogP contribution < -0.4 is 0 Å². The second-order valence-corrected chi connectivity index (χ2v) is 5.47. The van der Waals surface area contributed by atoms with E-state index in [9.17, 15) is 4.39 Å². The SMILES string of the molecule is Cl.Fc1cccc(CC2CN3C(CCl)=CSC3=N2)c1. The number of fused-ring (bicyclic) bond motifs is 1. The molecule has 0 radical (unpaired) electrons. The summed E-state index contributed by atoms with van der Waals surface area (Å²) in [6.45, 7) is 0.845. The third-order valence-corrected chi connectivity index (χ3v) is 4.26. The first-order chi connectivity index (χ1) is 8.76. The van der Waals surface area contributed by atoms with Gasteiger partial charge in [-0.15, -0.1) is 24.0 Å². The summed E-state index contributed by atoms with van der Waals surface area (Å²) in [7, 11) is 0. The van der Waals surface area contributed by atoms with Crippen LogP contribution in [0.1, 0.15) is 5.56 Å². The molecule has 1 aromatic carbocycles. The number of halogens is 3. The Balaban J connectivity index is 0.00000133. The Labute approximate surface area is 127 Å². The fraction of sp³-hybridized carbons (Fsp3) is 0.308. The van der Waals surface area contributed by atoms with Gasteiger partial charge < -0.3 is 4.90 Å². The Morgan fingerprint density at radius 3 is 3.05 bits per heavy atom. The molecule has 3 rings (SSSR count). The van der Waals surface area contributed by atoms with Crippen molar-refractivity contribution in [3.05, 3.63) is 46.8 Å². The monoisotopic (exact) mass is 318 g/mol. The molecule has 0 saturated heterocycles. The van der Waals surface area contributed by atoms with Crippen LogP contribution in [0.25, 0.3) is 0 Å². The molecular weight excluding hydrogens is 306 g/mol. The summed E-state index contributed by atoms with van der Waals surface area (Å²) in [5, 5.41) is 3.07. The number of alkyl halides is 1. The molecule has 2 aliphatic rings. The van der Waals surface area contributed by atoms with Crippen LogP contribution in [0.4, 0.5) is 4.39 Å². The molecule has 0 spiro atoms.